The molecule has 0 fully saturated rings. The number of ether oxygens (including phenoxy) is 2. The first-order chi connectivity index (χ1) is 12.5. The quantitative estimate of drug-likeness (QED) is 0.545. The van der Waals surface area contributed by atoms with Crippen LogP contribution in [0.5, 0.6) is 17.2 Å². The molecule has 0 aliphatic carbocycles. The number of methoxy groups -OCH3 is 1. The highest BCUT2D eigenvalue weighted by Gasteiger charge is 2.14. The summed E-state index contributed by atoms with van der Waals surface area (Å²) >= 11 is 3.21. The molecule has 7 heteroatoms. The monoisotopic (exact) mass is 416 g/mol. The zero-order valence-corrected chi connectivity index (χ0v) is 15.8. The first kappa shape index (κ1) is 19.3. The molecule has 0 radical (unpaired) electrons. The molecule has 2 aromatic carbocycles. The zero-order valence-electron chi connectivity index (χ0n) is 14.2. The lowest BCUT2D eigenvalue weighted by atomic mass is 10.1. The molecule has 0 aromatic heterocycles. The van der Waals surface area contributed by atoms with E-state index in [1.807, 2.05) is 13.0 Å². The molecule has 134 valence electrons. The van der Waals surface area contributed by atoms with Crippen molar-refractivity contribution in [3.8, 4) is 23.3 Å². The number of benzene rings is 2. The van der Waals surface area contributed by atoms with Gasteiger partial charge >= 0.3 is 0 Å². The predicted octanol–water partition coefficient (Wildman–Crippen LogP) is 4.11. The van der Waals surface area contributed by atoms with Crippen molar-refractivity contribution in [1.29, 1.82) is 5.26 Å². The summed E-state index contributed by atoms with van der Waals surface area (Å²) < 4.78 is 10.9. The van der Waals surface area contributed by atoms with Crippen molar-refractivity contribution in [2.75, 3.05) is 19.0 Å². The minimum atomic E-state index is -0.567. The van der Waals surface area contributed by atoms with E-state index in [-0.39, 0.29) is 17.1 Å². The number of amides is 1. The largest absolute Gasteiger partial charge is 0.503 e. The molecule has 0 aliphatic heterocycles. The summed E-state index contributed by atoms with van der Waals surface area (Å²) in [7, 11) is 1.41. The first-order valence-electron chi connectivity index (χ1n) is 7.71. The van der Waals surface area contributed by atoms with Gasteiger partial charge in [-0.3, -0.25) is 4.79 Å². The predicted molar refractivity (Wildman–Crippen MR) is 102 cm³/mol. The van der Waals surface area contributed by atoms with Crippen LogP contribution in [0.3, 0.4) is 0 Å². The number of nitrogens with one attached hydrogen (secondary N) is 1. The lowest BCUT2D eigenvalue weighted by Gasteiger charge is -2.11. The van der Waals surface area contributed by atoms with Crippen molar-refractivity contribution in [2.24, 2.45) is 0 Å². The van der Waals surface area contributed by atoms with Gasteiger partial charge in [0.1, 0.15) is 17.4 Å². The second-order valence-corrected chi connectivity index (χ2v) is 5.96. The SMILES string of the molecule is CCOc1ccccc1NC(=O)C(C#N)=Cc1cc(Br)c(O)c(OC)c1. The van der Waals surface area contributed by atoms with Gasteiger partial charge in [-0.2, -0.15) is 5.26 Å². The number of para-hydroxylation sites is 2. The Morgan fingerprint density at radius 1 is 1.35 bits per heavy atom. The summed E-state index contributed by atoms with van der Waals surface area (Å²) in [4.78, 5) is 12.5. The number of carbonyl (C=O) groups excluding carboxylic acids is 1. The fourth-order valence-electron chi connectivity index (χ4n) is 2.19. The van der Waals surface area contributed by atoms with Crippen LogP contribution in [0.15, 0.2) is 46.4 Å². The fraction of sp³-hybridized carbons (Fsp3) is 0.158. The number of nitrogens with zero attached hydrogens (tertiary/aromatic N) is 1. The van der Waals surface area contributed by atoms with Gasteiger partial charge in [0.15, 0.2) is 11.5 Å². The van der Waals surface area contributed by atoms with Crippen LogP contribution in [0.1, 0.15) is 12.5 Å². The van der Waals surface area contributed by atoms with Gasteiger partial charge in [0, 0.05) is 0 Å². The van der Waals surface area contributed by atoms with Gasteiger partial charge in [-0.05, 0) is 58.8 Å². The van der Waals surface area contributed by atoms with E-state index in [4.69, 9.17) is 9.47 Å². The molecule has 6 nitrogen and oxygen atoms in total. The third kappa shape index (κ3) is 4.55. The fourth-order valence-corrected chi connectivity index (χ4v) is 2.65. The Morgan fingerprint density at radius 3 is 2.73 bits per heavy atom. The van der Waals surface area contributed by atoms with Crippen LogP contribution in [0, 0.1) is 11.3 Å². The van der Waals surface area contributed by atoms with Gasteiger partial charge in [0.05, 0.1) is 23.9 Å². The molecule has 2 N–H and O–H groups in total. The highest BCUT2D eigenvalue weighted by Crippen LogP contribution is 2.35. The average Bonchev–Trinajstić information content (AvgIpc) is 2.64. The summed E-state index contributed by atoms with van der Waals surface area (Å²) in [6.07, 6.45) is 1.41. The Kier molecular flexibility index (Phi) is 6.64. The van der Waals surface area contributed by atoms with Gasteiger partial charge < -0.3 is 19.9 Å². The number of hydrogen-bond donors (Lipinski definition) is 2. The standard InChI is InChI=1S/C19H17BrN2O4/c1-3-26-16-7-5-4-6-15(16)22-19(24)13(11-21)8-12-9-14(20)18(23)17(10-12)25-2/h4-10,23H,3H2,1-2H3,(H,22,24). The second-order valence-electron chi connectivity index (χ2n) is 5.11. The molecule has 0 aliphatic rings. The molecular weight excluding hydrogens is 400 g/mol. The van der Waals surface area contributed by atoms with Gasteiger partial charge in [0.25, 0.3) is 5.91 Å². The number of rotatable bonds is 6. The average molecular weight is 417 g/mol. The highest BCUT2D eigenvalue weighted by molar-refractivity contribution is 9.10. The minimum Gasteiger partial charge on any atom is -0.503 e. The maximum Gasteiger partial charge on any atom is 0.266 e. The van der Waals surface area contributed by atoms with Crippen molar-refractivity contribution in [2.45, 2.75) is 6.92 Å². The summed E-state index contributed by atoms with van der Waals surface area (Å²) in [6, 6.07) is 12.0. The molecule has 2 rings (SSSR count). The van der Waals surface area contributed by atoms with Crippen LogP contribution in [-0.4, -0.2) is 24.7 Å². The molecule has 0 saturated carbocycles. The normalized spacial score (nSPS) is 10.8. The minimum absolute atomic E-state index is 0.0572. The molecule has 0 unspecified atom stereocenters. The van der Waals surface area contributed by atoms with Crippen molar-refractivity contribution in [3.63, 3.8) is 0 Å². The summed E-state index contributed by atoms with van der Waals surface area (Å²) in [5, 5.41) is 21.9. The summed E-state index contributed by atoms with van der Waals surface area (Å²) in [5.41, 5.74) is 0.900. The van der Waals surface area contributed by atoms with E-state index in [2.05, 4.69) is 21.2 Å². The Bertz CT molecular complexity index is 888. The molecule has 0 spiro atoms. The molecular formula is C19H17BrN2O4. The van der Waals surface area contributed by atoms with Crippen molar-refractivity contribution in [1.82, 2.24) is 0 Å². The molecule has 0 atom stereocenters. The number of aromatic hydroxyl groups is 1. The van der Waals surface area contributed by atoms with Gasteiger partial charge in [0.2, 0.25) is 0 Å². The molecule has 0 saturated heterocycles. The van der Waals surface area contributed by atoms with Gasteiger partial charge in [-0.25, -0.2) is 0 Å². The van der Waals surface area contributed by atoms with Crippen LogP contribution in [0.2, 0.25) is 0 Å². The number of phenols is 1. The van der Waals surface area contributed by atoms with Crippen LogP contribution in [-0.2, 0) is 4.79 Å². The Hall–Kier alpha value is -2.98. The van der Waals surface area contributed by atoms with Crippen LogP contribution in [0.25, 0.3) is 6.08 Å². The third-order valence-electron chi connectivity index (χ3n) is 3.38. The third-order valence-corrected chi connectivity index (χ3v) is 3.99. The van der Waals surface area contributed by atoms with E-state index in [1.165, 1.54) is 19.3 Å². The van der Waals surface area contributed by atoms with E-state index in [1.54, 1.807) is 30.3 Å². The Labute approximate surface area is 159 Å². The number of nitriles is 1. The van der Waals surface area contributed by atoms with Crippen LogP contribution >= 0.6 is 15.9 Å². The number of phenolic OH excluding ortho intramolecular Hbond substituents is 1. The maximum absolute atomic E-state index is 12.5. The van der Waals surface area contributed by atoms with E-state index in [0.717, 1.165) is 0 Å². The number of carbonyl (C=O) groups is 1. The van der Waals surface area contributed by atoms with Gasteiger partial charge in [-0.15, -0.1) is 0 Å². The van der Waals surface area contributed by atoms with Crippen molar-refractivity contribution >= 4 is 33.6 Å². The summed E-state index contributed by atoms with van der Waals surface area (Å²) in [5.74, 6) is 0.126. The first-order valence-corrected chi connectivity index (χ1v) is 8.50. The van der Waals surface area contributed by atoms with E-state index >= 15 is 0 Å². The van der Waals surface area contributed by atoms with Crippen molar-refractivity contribution < 1.29 is 19.4 Å². The van der Waals surface area contributed by atoms with Gasteiger partial charge in [-0.1, -0.05) is 12.1 Å². The smallest absolute Gasteiger partial charge is 0.266 e. The van der Waals surface area contributed by atoms with Crippen LogP contribution < -0.4 is 14.8 Å². The van der Waals surface area contributed by atoms with E-state index in [9.17, 15) is 15.2 Å². The number of hydrogen-bond acceptors (Lipinski definition) is 5. The maximum atomic E-state index is 12.5. The highest BCUT2D eigenvalue weighted by atomic mass is 79.9. The summed E-state index contributed by atoms with van der Waals surface area (Å²) in [6.45, 7) is 2.30. The van der Waals surface area contributed by atoms with E-state index in [0.29, 0.717) is 28.1 Å². The Balaban J connectivity index is 2.31. The van der Waals surface area contributed by atoms with Crippen LogP contribution in [0.4, 0.5) is 5.69 Å². The topological polar surface area (TPSA) is 91.6 Å². The lowest BCUT2D eigenvalue weighted by molar-refractivity contribution is -0.112. The zero-order chi connectivity index (χ0) is 19.1. The lowest BCUT2D eigenvalue weighted by Crippen LogP contribution is -2.14. The molecule has 1 amide bonds. The Morgan fingerprint density at radius 2 is 2.08 bits per heavy atom. The molecule has 2 aromatic rings. The second kappa shape index (κ2) is 8.92. The number of halogens is 1. The molecule has 0 heterocycles. The number of anilines is 1. The molecule has 0 bridgehead atoms. The van der Waals surface area contributed by atoms with Crippen molar-refractivity contribution in [3.05, 3.63) is 52.0 Å². The molecule has 26 heavy (non-hydrogen) atoms. The van der Waals surface area contributed by atoms with E-state index < -0.39 is 5.91 Å².